The fraction of sp³-hybridized carbons (Fsp3) is 0.750. The molecule has 0 atom stereocenters. The Morgan fingerprint density at radius 2 is 2.23 bits per heavy atom. The van der Waals surface area contributed by atoms with Gasteiger partial charge in [0, 0.05) is 0 Å². The molecule has 0 aliphatic carbocycles. The van der Waals surface area contributed by atoms with E-state index in [2.05, 4.69) is 19.2 Å². The molecule has 0 aromatic rings. The Balaban J connectivity index is 3.36. The summed E-state index contributed by atoms with van der Waals surface area (Å²) < 4.78 is 4.85. The zero-order valence-corrected chi connectivity index (χ0v) is 8.09. The molecule has 0 unspecified atom stereocenters. The Bertz CT molecular complexity index is 180. The van der Waals surface area contributed by atoms with Gasteiger partial charge in [-0.25, -0.2) is 0 Å². The van der Waals surface area contributed by atoms with Crippen LogP contribution in [0.15, 0.2) is 0 Å². The van der Waals surface area contributed by atoms with E-state index in [4.69, 9.17) is 15.9 Å². The third kappa shape index (κ3) is 8.65. The lowest BCUT2D eigenvalue weighted by molar-refractivity contribution is -0.142. The van der Waals surface area contributed by atoms with Crippen LogP contribution in [0.4, 0.5) is 0 Å². The fourth-order valence-electron chi connectivity index (χ4n) is 0.627. The van der Waals surface area contributed by atoms with Gasteiger partial charge in [-0.2, -0.15) is 0 Å². The molecule has 13 heavy (non-hydrogen) atoms. The largest absolute Gasteiger partial charge is 0.464 e. The van der Waals surface area contributed by atoms with Crippen molar-refractivity contribution in [1.29, 1.82) is 5.41 Å². The van der Waals surface area contributed by atoms with E-state index in [1.54, 1.807) is 0 Å². The van der Waals surface area contributed by atoms with Gasteiger partial charge in [0.25, 0.3) is 0 Å². The molecule has 0 saturated heterocycles. The molecule has 5 nitrogen and oxygen atoms in total. The third-order valence-corrected chi connectivity index (χ3v) is 1.38. The molecule has 0 amide bonds. The van der Waals surface area contributed by atoms with Gasteiger partial charge in [-0.05, 0) is 12.3 Å². The van der Waals surface area contributed by atoms with Gasteiger partial charge in [0.05, 0.1) is 6.61 Å². The van der Waals surface area contributed by atoms with Crippen molar-refractivity contribution in [2.45, 2.75) is 20.3 Å². The van der Waals surface area contributed by atoms with Gasteiger partial charge >= 0.3 is 5.97 Å². The Kier molecular flexibility index (Phi) is 5.67. The van der Waals surface area contributed by atoms with E-state index in [1.165, 1.54) is 0 Å². The van der Waals surface area contributed by atoms with Crippen molar-refractivity contribution in [3.8, 4) is 0 Å². The molecule has 5 heteroatoms. The molecule has 0 rings (SSSR count). The number of carbonyl (C=O) groups excluding carboxylic acids is 1. The Hall–Kier alpha value is -1.26. The number of nitrogens with one attached hydrogen (secondary N) is 2. The minimum atomic E-state index is -0.379. The van der Waals surface area contributed by atoms with Crippen LogP contribution in [0.5, 0.6) is 0 Å². The van der Waals surface area contributed by atoms with Crippen molar-refractivity contribution in [1.82, 2.24) is 5.32 Å². The second kappa shape index (κ2) is 6.28. The van der Waals surface area contributed by atoms with Crippen LogP contribution >= 0.6 is 0 Å². The van der Waals surface area contributed by atoms with E-state index in [0.717, 1.165) is 6.42 Å². The maximum Gasteiger partial charge on any atom is 0.325 e. The van der Waals surface area contributed by atoms with Crippen LogP contribution in [-0.4, -0.2) is 25.1 Å². The van der Waals surface area contributed by atoms with E-state index in [1.807, 2.05) is 0 Å². The second-order valence-electron chi connectivity index (χ2n) is 3.17. The first-order chi connectivity index (χ1) is 6.02. The molecule has 0 radical (unpaired) electrons. The monoisotopic (exact) mass is 187 g/mol. The molecule has 0 fully saturated rings. The van der Waals surface area contributed by atoms with Crippen LogP contribution in [0.2, 0.25) is 0 Å². The van der Waals surface area contributed by atoms with Crippen LogP contribution in [0, 0.1) is 11.3 Å². The highest BCUT2D eigenvalue weighted by atomic mass is 16.5. The normalized spacial score (nSPS) is 9.77. The number of hydrogen-bond acceptors (Lipinski definition) is 3. The summed E-state index contributed by atoms with van der Waals surface area (Å²) in [5, 5.41) is 9.16. The van der Waals surface area contributed by atoms with Gasteiger partial charge in [-0.3, -0.25) is 10.2 Å². The first kappa shape index (κ1) is 11.7. The average molecular weight is 187 g/mol. The molecule has 0 heterocycles. The maximum atomic E-state index is 10.9. The molecule has 0 aliphatic rings. The number of esters is 1. The molecule has 76 valence electrons. The summed E-state index contributed by atoms with van der Waals surface area (Å²) in [7, 11) is 0. The molecule has 4 N–H and O–H groups in total. The lowest BCUT2D eigenvalue weighted by Gasteiger charge is -2.07. The van der Waals surface area contributed by atoms with Crippen LogP contribution < -0.4 is 11.1 Å². The Labute approximate surface area is 78.1 Å². The van der Waals surface area contributed by atoms with Gasteiger partial charge in [0.15, 0.2) is 5.96 Å². The van der Waals surface area contributed by atoms with Crippen LogP contribution in [0.3, 0.4) is 0 Å². The predicted molar refractivity (Wildman–Crippen MR) is 50.3 cm³/mol. The molecule has 0 saturated carbocycles. The predicted octanol–water partition coefficient (Wildman–Crippen LogP) is 0.0588. The minimum absolute atomic E-state index is 0.0343. The van der Waals surface area contributed by atoms with Crippen molar-refractivity contribution in [2.75, 3.05) is 13.2 Å². The topological polar surface area (TPSA) is 88.2 Å². The van der Waals surface area contributed by atoms with Gasteiger partial charge < -0.3 is 15.8 Å². The van der Waals surface area contributed by atoms with Gasteiger partial charge in [0.1, 0.15) is 6.54 Å². The summed E-state index contributed by atoms with van der Waals surface area (Å²) in [5.41, 5.74) is 4.98. The molecular formula is C8H17N3O2. The van der Waals surface area contributed by atoms with Crippen LogP contribution in [0.1, 0.15) is 20.3 Å². The number of hydrogen-bond donors (Lipinski definition) is 3. The fourth-order valence-corrected chi connectivity index (χ4v) is 0.627. The van der Waals surface area contributed by atoms with E-state index in [-0.39, 0.29) is 18.5 Å². The standard InChI is InChI=1S/C8H17N3O2/c1-6(2)3-4-13-7(12)5-11-8(9)10/h6H,3-5H2,1-2H3,(H4,9,10,11). The van der Waals surface area contributed by atoms with Gasteiger partial charge in [0.2, 0.25) is 0 Å². The van der Waals surface area contributed by atoms with Crippen molar-refractivity contribution >= 4 is 11.9 Å². The maximum absolute atomic E-state index is 10.9. The summed E-state index contributed by atoms with van der Waals surface area (Å²) in [6.45, 7) is 4.51. The van der Waals surface area contributed by atoms with Crippen molar-refractivity contribution in [2.24, 2.45) is 11.7 Å². The van der Waals surface area contributed by atoms with Crippen LogP contribution in [-0.2, 0) is 9.53 Å². The quantitative estimate of drug-likeness (QED) is 0.322. The average Bonchev–Trinajstić information content (AvgIpc) is 2.00. The summed E-state index contributed by atoms with van der Waals surface area (Å²) >= 11 is 0. The highest BCUT2D eigenvalue weighted by Crippen LogP contribution is 1.98. The van der Waals surface area contributed by atoms with E-state index >= 15 is 0 Å². The molecule has 0 aliphatic heterocycles. The number of ether oxygens (including phenoxy) is 1. The molecular weight excluding hydrogens is 170 g/mol. The van der Waals surface area contributed by atoms with E-state index < -0.39 is 0 Å². The SMILES string of the molecule is CC(C)CCOC(=O)CNC(=N)N. The van der Waals surface area contributed by atoms with E-state index in [0.29, 0.717) is 12.5 Å². The molecule has 0 spiro atoms. The third-order valence-electron chi connectivity index (χ3n) is 1.38. The summed E-state index contributed by atoms with van der Waals surface area (Å²) in [5.74, 6) is -0.0785. The molecule has 0 aromatic carbocycles. The lowest BCUT2D eigenvalue weighted by Crippen LogP contribution is -2.35. The van der Waals surface area contributed by atoms with Crippen molar-refractivity contribution < 1.29 is 9.53 Å². The molecule has 0 bridgehead atoms. The van der Waals surface area contributed by atoms with E-state index in [9.17, 15) is 4.79 Å². The first-order valence-corrected chi connectivity index (χ1v) is 4.26. The smallest absolute Gasteiger partial charge is 0.325 e. The number of rotatable bonds is 5. The number of carbonyl (C=O) groups is 1. The van der Waals surface area contributed by atoms with Gasteiger partial charge in [-0.15, -0.1) is 0 Å². The zero-order chi connectivity index (χ0) is 10.3. The Morgan fingerprint density at radius 3 is 2.69 bits per heavy atom. The number of guanidine groups is 1. The summed E-state index contributed by atoms with van der Waals surface area (Å²) in [6.07, 6.45) is 0.853. The Morgan fingerprint density at radius 1 is 1.62 bits per heavy atom. The second-order valence-corrected chi connectivity index (χ2v) is 3.17. The first-order valence-electron chi connectivity index (χ1n) is 4.26. The van der Waals surface area contributed by atoms with Crippen molar-refractivity contribution in [3.05, 3.63) is 0 Å². The minimum Gasteiger partial charge on any atom is -0.464 e. The van der Waals surface area contributed by atoms with Crippen LogP contribution in [0.25, 0.3) is 0 Å². The van der Waals surface area contributed by atoms with Crippen molar-refractivity contribution in [3.63, 3.8) is 0 Å². The highest BCUT2D eigenvalue weighted by Gasteiger charge is 2.02. The summed E-state index contributed by atoms with van der Waals surface area (Å²) in [4.78, 5) is 10.9. The van der Waals surface area contributed by atoms with Gasteiger partial charge in [-0.1, -0.05) is 13.8 Å². The zero-order valence-electron chi connectivity index (χ0n) is 8.09. The highest BCUT2D eigenvalue weighted by molar-refractivity contribution is 5.80. The lowest BCUT2D eigenvalue weighted by atomic mass is 10.1. The number of nitrogens with two attached hydrogens (primary N) is 1. The summed E-state index contributed by atoms with van der Waals surface area (Å²) in [6, 6.07) is 0. The molecule has 0 aromatic heterocycles.